The third-order valence-electron chi connectivity index (χ3n) is 4.27. The second-order valence-corrected chi connectivity index (χ2v) is 6.19. The number of unbranched alkanes of at least 4 members (excludes halogenated alkanes) is 1. The lowest BCUT2D eigenvalue weighted by Gasteiger charge is -2.16. The number of nitrogens with one attached hydrogen (secondary N) is 1. The summed E-state index contributed by atoms with van der Waals surface area (Å²) in [7, 11) is 0. The molecule has 0 aliphatic heterocycles. The molecule has 0 unspecified atom stereocenters. The molecule has 1 atom stereocenters. The number of aliphatic carboxylic acids is 1. The van der Waals surface area contributed by atoms with Crippen LogP contribution in [0.25, 0.3) is 11.0 Å². The van der Waals surface area contributed by atoms with Crippen LogP contribution >= 0.6 is 0 Å². The third-order valence-corrected chi connectivity index (χ3v) is 4.27. The van der Waals surface area contributed by atoms with E-state index in [4.69, 9.17) is 4.42 Å². The van der Waals surface area contributed by atoms with Crippen molar-refractivity contribution in [2.45, 2.75) is 58.5 Å². The summed E-state index contributed by atoms with van der Waals surface area (Å²) in [6, 6.07) is 4.05. The maximum absolute atomic E-state index is 11.9. The Hall–Kier alpha value is -2.34. The summed E-state index contributed by atoms with van der Waals surface area (Å²) in [5.41, 5.74) is 1.14. The molecule has 2 rings (SSSR count). The van der Waals surface area contributed by atoms with E-state index in [1.165, 1.54) is 6.07 Å². The minimum Gasteiger partial charge on any atom is -0.507 e. The van der Waals surface area contributed by atoms with Crippen molar-refractivity contribution in [2.24, 2.45) is 0 Å². The molecular weight excluding hydrogens is 322 g/mol. The average Bonchev–Trinajstić information content (AvgIpc) is 2.56. The molecule has 1 aromatic carbocycles. The zero-order valence-electron chi connectivity index (χ0n) is 14.7. The summed E-state index contributed by atoms with van der Waals surface area (Å²) in [5.74, 6) is -0.947. The van der Waals surface area contributed by atoms with Gasteiger partial charge in [-0.2, -0.15) is 0 Å². The number of aryl methyl sites for hydroxylation is 1. The Morgan fingerprint density at radius 3 is 2.68 bits per heavy atom. The second-order valence-electron chi connectivity index (χ2n) is 6.19. The van der Waals surface area contributed by atoms with Gasteiger partial charge in [0.05, 0.1) is 5.56 Å². The quantitative estimate of drug-likeness (QED) is 0.603. The van der Waals surface area contributed by atoms with Gasteiger partial charge in [-0.1, -0.05) is 33.1 Å². The molecule has 2 aromatic rings. The van der Waals surface area contributed by atoms with E-state index in [0.717, 1.165) is 36.6 Å². The molecule has 0 fully saturated rings. The molecule has 0 aliphatic carbocycles. The Labute approximate surface area is 146 Å². The molecule has 0 saturated carbocycles. The monoisotopic (exact) mass is 347 g/mol. The van der Waals surface area contributed by atoms with Crippen molar-refractivity contribution in [3.8, 4) is 5.75 Å². The van der Waals surface area contributed by atoms with E-state index >= 15 is 0 Å². The predicted octanol–water partition coefficient (Wildman–Crippen LogP) is 3.18. The number of aromatic hydroxyl groups is 1. The normalized spacial score (nSPS) is 12.4. The van der Waals surface area contributed by atoms with Gasteiger partial charge in [-0.05, 0) is 30.5 Å². The second kappa shape index (κ2) is 8.67. The highest BCUT2D eigenvalue weighted by atomic mass is 16.4. The Balaban J connectivity index is 2.38. The summed E-state index contributed by atoms with van der Waals surface area (Å²) in [5, 5.41) is 23.2. The molecule has 3 N–H and O–H groups in total. The Morgan fingerprint density at radius 1 is 1.28 bits per heavy atom. The number of carboxylic acid groups (broad SMARTS) is 1. The van der Waals surface area contributed by atoms with Crippen LogP contribution in [0.5, 0.6) is 5.75 Å². The van der Waals surface area contributed by atoms with Crippen LogP contribution in [0.4, 0.5) is 0 Å². The first kappa shape index (κ1) is 19.0. The molecule has 6 nitrogen and oxygen atoms in total. The number of benzene rings is 1. The number of hydrogen-bond acceptors (Lipinski definition) is 5. The minimum atomic E-state index is -0.929. The Morgan fingerprint density at radius 2 is 2.04 bits per heavy atom. The number of phenols is 1. The standard InChI is InChI=1S/C19H25NO5/c1-3-5-7-15(19(23)24)20-11-14-16(21)9-8-13-12(6-4-2)10-17(22)25-18(13)14/h8-10,15,20-21H,3-7,11H2,1-2H3,(H,23,24)/t15-/m0/s1. The van der Waals surface area contributed by atoms with E-state index < -0.39 is 17.6 Å². The third kappa shape index (κ3) is 4.60. The summed E-state index contributed by atoms with van der Waals surface area (Å²) in [6.07, 6.45) is 3.81. The number of carbonyl (C=O) groups is 1. The van der Waals surface area contributed by atoms with Gasteiger partial charge in [0.15, 0.2) is 0 Å². The zero-order chi connectivity index (χ0) is 18.4. The largest absolute Gasteiger partial charge is 0.507 e. The Bertz CT molecular complexity index is 796. The molecule has 0 radical (unpaired) electrons. The van der Waals surface area contributed by atoms with Gasteiger partial charge in [-0.3, -0.25) is 4.79 Å². The fraction of sp³-hybridized carbons (Fsp3) is 0.474. The topological polar surface area (TPSA) is 99.8 Å². The predicted molar refractivity (Wildman–Crippen MR) is 95.9 cm³/mol. The van der Waals surface area contributed by atoms with Crippen molar-refractivity contribution < 1.29 is 19.4 Å². The highest BCUT2D eigenvalue weighted by Gasteiger charge is 2.19. The minimum absolute atomic E-state index is 0.0172. The highest BCUT2D eigenvalue weighted by molar-refractivity contribution is 5.85. The van der Waals surface area contributed by atoms with Crippen LogP contribution in [-0.2, 0) is 17.8 Å². The zero-order valence-corrected chi connectivity index (χ0v) is 14.7. The smallest absolute Gasteiger partial charge is 0.336 e. The van der Waals surface area contributed by atoms with Crippen molar-refractivity contribution in [1.29, 1.82) is 0 Å². The molecule has 0 amide bonds. The molecule has 6 heteroatoms. The SMILES string of the molecule is CCCC[C@H](NCc1c(O)ccc2c(CCC)cc(=O)oc12)C(=O)O. The van der Waals surface area contributed by atoms with Crippen LogP contribution < -0.4 is 10.9 Å². The van der Waals surface area contributed by atoms with Crippen molar-refractivity contribution in [3.05, 3.63) is 39.7 Å². The maximum atomic E-state index is 11.9. The molecule has 0 aliphatic rings. The van der Waals surface area contributed by atoms with Gasteiger partial charge < -0.3 is 19.9 Å². The van der Waals surface area contributed by atoms with Crippen LogP contribution in [0.3, 0.4) is 0 Å². The van der Waals surface area contributed by atoms with Crippen molar-refractivity contribution in [3.63, 3.8) is 0 Å². The van der Waals surface area contributed by atoms with E-state index in [2.05, 4.69) is 5.32 Å². The molecule has 1 aromatic heterocycles. The number of hydrogen-bond donors (Lipinski definition) is 3. The van der Waals surface area contributed by atoms with Gasteiger partial charge in [0.25, 0.3) is 0 Å². The first-order chi connectivity index (χ1) is 12.0. The average molecular weight is 347 g/mol. The molecule has 25 heavy (non-hydrogen) atoms. The van der Waals surface area contributed by atoms with Gasteiger partial charge in [-0.15, -0.1) is 0 Å². The molecule has 0 saturated heterocycles. The Kier molecular flexibility index (Phi) is 6.58. The fourth-order valence-electron chi connectivity index (χ4n) is 2.93. The summed E-state index contributed by atoms with van der Waals surface area (Å²) in [6.45, 7) is 4.14. The fourth-order valence-corrected chi connectivity index (χ4v) is 2.93. The first-order valence-corrected chi connectivity index (χ1v) is 8.71. The van der Waals surface area contributed by atoms with E-state index in [-0.39, 0.29) is 12.3 Å². The highest BCUT2D eigenvalue weighted by Crippen LogP contribution is 2.29. The van der Waals surface area contributed by atoms with Crippen molar-refractivity contribution >= 4 is 16.9 Å². The number of phenolic OH excluding ortho intramolecular Hbond substituents is 1. The van der Waals surface area contributed by atoms with Gasteiger partial charge >= 0.3 is 11.6 Å². The number of rotatable bonds is 9. The molecular formula is C19H25NO5. The van der Waals surface area contributed by atoms with E-state index in [1.54, 1.807) is 12.1 Å². The summed E-state index contributed by atoms with van der Waals surface area (Å²) < 4.78 is 5.33. The van der Waals surface area contributed by atoms with E-state index in [0.29, 0.717) is 17.6 Å². The van der Waals surface area contributed by atoms with Crippen molar-refractivity contribution in [1.82, 2.24) is 5.32 Å². The van der Waals surface area contributed by atoms with Gasteiger partial charge in [0, 0.05) is 18.0 Å². The van der Waals surface area contributed by atoms with Crippen LogP contribution in [0.15, 0.2) is 27.4 Å². The van der Waals surface area contributed by atoms with E-state index in [1.807, 2.05) is 13.8 Å². The van der Waals surface area contributed by atoms with Gasteiger partial charge in [0.2, 0.25) is 0 Å². The first-order valence-electron chi connectivity index (χ1n) is 8.71. The van der Waals surface area contributed by atoms with Gasteiger partial charge in [0.1, 0.15) is 17.4 Å². The molecule has 1 heterocycles. The molecule has 0 bridgehead atoms. The van der Waals surface area contributed by atoms with Gasteiger partial charge in [-0.25, -0.2) is 4.79 Å². The number of carboxylic acids is 1. The lowest BCUT2D eigenvalue weighted by molar-refractivity contribution is -0.139. The lowest BCUT2D eigenvalue weighted by Crippen LogP contribution is -2.36. The van der Waals surface area contributed by atoms with Crippen molar-refractivity contribution in [2.75, 3.05) is 0 Å². The van der Waals surface area contributed by atoms with Crippen LogP contribution in [-0.4, -0.2) is 22.2 Å². The maximum Gasteiger partial charge on any atom is 0.336 e. The molecule has 136 valence electrons. The summed E-state index contributed by atoms with van der Waals surface area (Å²) in [4.78, 5) is 23.2. The van der Waals surface area contributed by atoms with Crippen LogP contribution in [0.1, 0.15) is 50.7 Å². The summed E-state index contributed by atoms with van der Waals surface area (Å²) >= 11 is 0. The van der Waals surface area contributed by atoms with Crippen LogP contribution in [0, 0.1) is 0 Å². The van der Waals surface area contributed by atoms with Crippen LogP contribution in [0.2, 0.25) is 0 Å². The lowest BCUT2D eigenvalue weighted by atomic mass is 10.0. The van der Waals surface area contributed by atoms with E-state index in [9.17, 15) is 19.8 Å². The number of fused-ring (bicyclic) bond motifs is 1. The molecule has 0 spiro atoms.